The van der Waals surface area contributed by atoms with Crippen LogP contribution in [-0.2, 0) is 0 Å². The summed E-state index contributed by atoms with van der Waals surface area (Å²) in [7, 11) is 0. The van der Waals surface area contributed by atoms with Gasteiger partial charge >= 0.3 is 0 Å². The zero-order chi connectivity index (χ0) is 15.4. The first-order valence-electron chi connectivity index (χ1n) is 5.85. The molecule has 0 saturated heterocycles. The highest BCUT2D eigenvalue weighted by Crippen LogP contribution is 2.22. The third kappa shape index (κ3) is 3.83. The molecule has 0 heterocycles. The predicted octanol–water partition coefficient (Wildman–Crippen LogP) is 3.56. The topological polar surface area (TPSA) is 87.7 Å². The number of hydrogen-bond donors (Lipinski definition) is 3. The zero-order valence-corrected chi connectivity index (χ0v) is 13.8. The van der Waals surface area contributed by atoms with Crippen LogP contribution >= 0.6 is 31.9 Å². The minimum atomic E-state index is -0.285. The first-order chi connectivity index (χ1) is 10.0. The van der Waals surface area contributed by atoms with Crippen LogP contribution in [0.15, 0.2) is 56.6 Å². The highest BCUT2D eigenvalue weighted by molar-refractivity contribution is 9.10. The van der Waals surface area contributed by atoms with E-state index < -0.39 is 0 Å². The summed E-state index contributed by atoms with van der Waals surface area (Å²) in [6, 6.07) is 12.0. The highest BCUT2D eigenvalue weighted by atomic mass is 79.9. The van der Waals surface area contributed by atoms with Gasteiger partial charge in [0.15, 0.2) is 5.84 Å². The summed E-state index contributed by atoms with van der Waals surface area (Å²) >= 11 is 6.64. The molecule has 5 nitrogen and oxygen atoms in total. The summed E-state index contributed by atoms with van der Waals surface area (Å²) in [6.07, 6.45) is 0. The Balaban J connectivity index is 2.32. The van der Waals surface area contributed by atoms with Gasteiger partial charge in [-0.1, -0.05) is 37.0 Å². The Morgan fingerprint density at radius 3 is 2.33 bits per heavy atom. The van der Waals surface area contributed by atoms with Crippen molar-refractivity contribution in [2.24, 2.45) is 10.9 Å². The van der Waals surface area contributed by atoms with Crippen LogP contribution < -0.4 is 11.1 Å². The summed E-state index contributed by atoms with van der Waals surface area (Å²) in [5.41, 5.74) is 7.00. The SMILES string of the molecule is N/C(=N/O)c1ccc(Br)cc1NC(=O)c1ccc(Br)cc1. The van der Waals surface area contributed by atoms with E-state index >= 15 is 0 Å². The van der Waals surface area contributed by atoms with Crippen LogP contribution in [-0.4, -0.2) is 17.0 Å². The summed E-state index contributed by atoms with van der Waals surface area (Å²) in [6.45, 7) is 0. The molecule has 21 heavy (non-hydrogen) atoms. The van der Waals surface area contributed by atoms with Crippen LogP contribution in [0.1, 0.15) is 15.9 Å². The van der Waals surface area contributed by atoms with Crippen LogP contribution in [0.5, 0.6) is 0 Å². The van der Waals surface area contributed by atoms with Gasteiger partial charge in [-0.3, -0.25) is 4.79 Å². The second-order valence-corrected chi connectivity index (χ2v) is 5.97. The predicted molar refractivity (Wildman–Crippen MR) is 88.7 cm³/mol. The highest BCUT2D eigenvalue weighted by Gasteiger charge is 2.12. The standard InChI is InChI=1S/C14H11Br2N3O2/c15-9-3-1-8(2-4-9)14(20)18-12-7-10(16)5-6-11(12)13(17)19-21/h1-7,21H,(H2,17,19)(H,18,20). The van der Waals surface area contributed by atoms with Gasteiger partial charge in [-0.25, -0.2) is 0 Å². The van der Waals surface area contributed by atoms with Crippen molar-refractivity contribution in [1.82, 2.24) is 0 Å². The Hall–Kier alpha value is -1.86. The normalized spacial score (nSPS) is 11.2. The third-order valence-corrected chi connectivity index (χ3v) is 3.74. The van der Waals surface area contributed by atoms with E-state index in [4.69, 9.17) is 10.9 Å². The Morgan fingerprint density at radius 1 is 1.10 bits per heavy atom. The molecule has 7 heteroatoms. The van der Waals surface area contributed by atoms with E-state index in [1.807, 2.05) is 0 Å². The number of amides is 1. The van der Waals surface area contributed by atoms with Gasteiger partial charge in [-0.15, -0.1) is 0 Å². The molecule has 0 atom stereocenters. The Labute approximate surface area is 138 Å². The van der Waals surface area contributed by atoms with E-state index in [2.05, 4.69) is 42.3 Å². The second kappa shape index (κ2) is 6.73. The Kier molecular flexibility index (Phi) is 4.98. The molecule has 2 rings (SSSR count). The average molecular weight is 413 g/mol. The number of nitrogens with one attached hydrogen (secondary N) is 1. The fourth-order valence-electron chi connectivity index (χ4n) is 1.69. The monoisotopic (exact) mass is 411 g/mol. The summed E-state index contributed by atoms with van der Waals surface area (Å²) in [4.78, 5) is 12.2. The number of anilines is 1. The maximum atomic E-state index is 12.2. The van der Waals surface area contributed by atoms with Crippen molar-refractivity contribution in [3.63, 3.8) is 0 Å². The zero-order valence-electron chi connectivity index (χ0n) is 10.7. The van der Waals surface area contributed by atoms with Gasteiger partial charge < -0.3 is 16.3 Å². The quantitative estimate of drug-likeness (QED) is 0.311. The molecule has 0 bridgehead atoms. The molecule has 0 fully saturated rings. The van der Waals surface area contributed by atoms with E-state index in [1.54, 1.807) is 42.5 Å². The molecular weight excluding hydrogens is 402 g/mol. The number of benzene rings is 2. The maximum absolute atomic E-state index is 12.2. The molecule has 0 unspecified atom stereocenters. The fraction of sp³-hybridized carbons (Fsp3) is 0. The average Bonchev–Trinajstić information content (AvgIpc) is 2.47. The first-order valence-corrected chi connectivity index (χ1v) is 7.44. The molecule has 2 aromatic rings. The molecule has 0 spiro atoms. The number of nitrogens with zero attached hydrogens (tertiary/aromatic N) is 1. The van der Waals surface area contributed by atoms with Crippen LogP contribution in [0.4, 0.5) is 5.69 Å². The van der Waals surface area contributed by atoms with Crippen LogP contribution in [0.2, 0.25) is 0 Å². The second-order valence-electron chi connectivity index (χ2n) is 4.14. The lowest BCUT2D eigenvalue weighted by Crippen LogP contribution is -2.19. The lowest BCUT2D eigenvalue weighted by atomic mass is 10.1. The number of carbonyl (C=O) groups is 1. The maximum Gasteiger partial charge on any atom is 0.255 e. The third-order valence-electron chi connectivity index (χ3n) is 2.72. The van der Waals surface area contributed by atoms with Gasteiger partial charge in [0.25, 0.3) is 5.91 Å². The summed E-state index contributed by atoms with van der Waals surface area (Å²) in [5, 5.41) is 14.5. The van der Waals surface area contributed by atoms with Gasteiger partial charge in [0.1, 0.15) is 0 Å². The van der Waals surface area contributed by atoms with Crippen molar-refractivity contribution in [1.29, 1.82) is 0 Å². The molecule has 108 valence electrons. The van der Waals surface area contributed by atoms with E-state index in [0.29, 0.717) is 16.8 Å². The molecule has 0 aliphatic heterocycles. The molecule has 0 aliphatic carbocycles. The van der Waals surface area contributed by atoms with E-state index in [-0.39, 0.29) is 11.7 Å². The van der Waals surface area contributed by atoms with Crippen molar-refractivity contribution in [2.45, 2.75) is 0 Å². The minimum Gasteiger partial charge on any atom is -0.409 e. The van der Waals surface area contributed by atoms with Crippen molar-refractivity contribution in [3.05, 3.63) is 62.5 Å². The van der Waals surface area contributed by atoms with Crippen LogP contribution in [0, 0.1) is 0 Å². The summed E-state index contributed by atoms with van der Waals surface area (Å²) in [5.74, 6) is -0.360. The fourth-order valence-corrected chi connectivity index (χ4v) is 2.32. The smallest absolute Gasteiger partial charge is 0.255 e. The lowest BCUT2D eigenvalue weighted by molar-refractivity contribution is 0.102. The van der Waals surface area contributed by atoms with Crippen molar-refractivity contribution < 1.29 is 10.0 Å². The van der Waals surface area contributed by atoms with Crippen molar-refractivity contribution in [3.8, 4) is 0 Å². The molecule has 0 radical (unpaired) electrons. The van der Waals surface area contributed by atoms with Crippen molar-refractivity contribution >= 4 is 49.3 Å². The largest absolute Gasteiger partial charge is 0.409 e. The molecular formula is C14H11Br2N3O2. The van der Waals surface area contributed by atoms with E-state index in [9.17, 15) is 4.79 Å². The van der Waals surface area contributed by atoms with Gasteiger partial charge in [-0.2, -0.15) is 0 Å². The number of rotatable bonds is 3. The van der Waals surface area contributed by atoms with Gasteiger partial charge in [0.2, 0.25) is 0 Å². The summed E-state index contributed by atoms with van der Waals surface area (Å²) < 4.78 is 1.65. The molecule has 1 amide bonds. The number of amidine groups is 1. The van der Waals surface area contributed by atoms with E-state index in [1.165, 1.54) is 0 Å². The van der Waals surface area contributed by atoms with Crippen molar-refractivity contribution in [2.75, 3.05) is 5.32 Å². The van der Waals surface area contributed by atoms with Crippen LogP contribution in [0.25, 0.3) is 0 Å². The first kappa shape index (κ1) is 15.5. The van der Waals surface area contributed by atoms with Gasteiger partial charge in [0.05, 0.1) is 5.69 Å². The minimum absolute atomic E-state index is 0.0754. The lowest BCUT2D eigenvalue weighted by Gasteiger charge is -2.11. The van der Waals surface area contributed by atoms with E-state index in [0.717, 1.165) is 8.95 Å². The molecule has 2 aromatic carbocycles. The molecule has 4 N–H and O–H groups in total. The number of hydrogen-bond acceptors (Lipinski definition) is 3. The Bertz CT molecular complexity index is 700. The number of halogens is 2. The number of oxime groups is 1. The number of nitrogens with two attached hydrogens (primary N) is 1. The molecule has 0 aromatic heterocycles. The molecule has 0 aliphatic rings. The Morgan fingerprint density at radius 2 is 1.71 bits per heavy atom. The van der Waals surface area contributed by atoms with Gasteiger partial charge in [-0.05, 0) is 42.5 Å². The van der Waals surface area contributed by atoms with Crippen LogP contribution in [0.3, 0.4) is 0 Å². The van der Waals surface area contributed by atoms with Gasteiger partial charge in [0, 0.05) is 20.1 Å². The molecule has 0 saturated carbocycles. The number of carbonyl (C=O) groups excluding carboxylic acids is 1.